The van der Waals surface area contributed by atoms with Crippen molar-refractivity contribution in [2.24, 2.45) is 35.5 Å². The van der Waals surface area contributed by atoms with Gasteiger partial charge in [-0.1, -0.05) is 27.2 Å². The number of fused-ring (bicyclic) bond motifs is 1. The van der Waals surface area contributed by atoms with Crippen molar-refractivity contribution in [3.05, 3.63) is 0 Å². The van der Waals surface area contributed by atoms with Crippen LogP contribution in [0.15, 0.2) is 0 Å². The number of amides is 1. The molecule has 0 saturated heterocycles. The Balaban J connectivity index is 2.05. The quantitative estimate of drug-likeness (QED) is 0.783. The molecule has 0 aromatic carbocycles. The zero-order valence-electron chi connectivity index (χ0n) is 11.0. The summed E-state index contributed by atoms with van der Waals surface area (Å²) in [5.74, 6) is 4.31. The van der Waals surface area contributed by atoms with Gasteiger partial charge in [0.05, 0.1) is 0 Å². The number of hydrogen-bond donors (Lipinski definition) is 1. The highest BCUT2D eigenvalue weighted by Crippen LogP contribution is 2.62. The van der Waals surface area contributed by atoms with Gasteiger partial charge in [0.2, 0.25) is 5.91 Å². The average Bonchev–Trinajstić information content (AvgIpc) is 2.94. The normalized spacial score (nSPS) is 41.7. The summed E-state index contributed by atoms with van der Waals surface area (Å²) >= 11 is 0. The third kappa shape index (κ3) is 1.87. The first kappa shape index (κ1) is 11.9. The van der Waals surface area contributed by atoms with Crippen molar-refractivity contribution in [3.63, 3.8) is 0 Å². The van der Waals surface area contributed by atoms with Crippen LogP contribution in [0.5, 0.6) is 0 Å². The average molecular weight is 223 g/mol. The number of carbonyl (C=O) groups is 1. The fourth-order valence-corrected chi connectivity index (χ4v) is 3.90. The van der Waals surface area contributed by atoms with E-state index in [1.165, 1.54) is 12.8 Å². The van der Waals surface area contributed by atoms with Crippen LogP contribution in [0, 0.1) is 35.5 Å². The fraction of sp³-hybridized carbons (Fsp3) is 0.929. The van der Waals surface area contributed by atoms with E-state index >= 15 is 0 Å². The van der Waals surface area contributed by atoms with Crippen LogP contribution in [0.25, 0.3) is 0 Å². The van der Waals surface area contributed by atoms with Gasteiger partial charge in [0.15, 0.2) is 0 Å². The third-order valence-electron chi connectivity index (χ3n) is 4.75. The summed E-state index contributed by atoms with van der Waals surface area (Å²) in [5.41, 5.74) is 0. The molecule has 0 radical (unpaired) electrons. The van der Waals surface area contributed by atoms with Crippen molar-refractivity contribution in [2.45, 2.75) is 40.5 Å². The molecule has 0 aromatic rings. The van der Waals surface area contributed by atoms with Crippen molar-refractivity contribution in [1.82, 2.24) is 5.32 Å². The summed E-state index contributed by atoms with van der Waals surface area (Å²) in [5, 5.41) is 3.00. The predicted octanol–water partition coefficient (Wildman–Crippen LogP) is 2.69. The Bertz CT molecular complexity index is 274. The minimum Gasteiger partial charge on any atom is -0.356 e. The molecule has 2 heteroatoms. The molecule has 2 aliphatic rings. The Labute approximate surface area is 99.2 Å². The molecule has 0 aliphatic heterocycles. The second-order valence-electron chi connectivity index (χ2n) is 6.04. The van der Waals surface area contributed by atoms with Gasteiger partial charge >= 0.3 is 0 Å². The van der Waals surface area contributed by atoms with Crippen LogP contribution in [-0.2, 0) is 4.79 Å². The van der Waals surface area contributed by atoms with Crippen LogP contribution in [-0.4, -0.2) is 12.5 Å². The van der Waals surface area contributed by atoms with Gasteiger partial charge in [0, 0.05) is 12.5 Å². The highest BCUT2D eigenvalue weighted by molar-refractivity contribution is 5.82. The lowest BCUT2D eigenvalue weighted by atomic mass is 9.77. The Morgan fingerprint density at radius 3 is 2.56 bits per heavy atom. The predicted molar refractivity (Wildman–Crippen MR) is 65.9 cm³/mol. The third-order valence-corrected chi connectivity index (χ3v) is 4.75. The van der Waals surface area contributed by atoms with Crippen LogP contribution in [0.1, 0.15) is 40.5 Å². The van der Waals surface area contributed by atoms with Gasteiger partial charge in [-0.15, -0.1) is 0 Å². The molecule has 1 amide bonds. The van der Waals surface area contributed by atoms with E-state index in [2.05, 4.69) is 26.1 Å². The Hall–Kier alpha value is -0.530. The fourth-order valence-electron chi connectivity index (χ4n) is 3.90. The van der Waals surface area contributed by atoms with Gasteiger partial charge in [0.1, 0.15) is 0 Å². The maximum absolute atomic E-state index is 12.0. The van der Waals surface area contributed by atoms with Gasteiger partial charge in [-0.2, -0.15) is 0 Å². The summed E-state index contributed by atoms with van der Waals surface area (Å²) in [4.78, 5) is 12.0. The zero-order chi connectivity index (χ0) is 11.9. The molecule has 0 unspecified atom stereocenters. The van der Waals surface area contributed by atoms with Crippen LogP contribution in [0.2, 0.25) is 0 Å². The molecule has 0 aromatic heterocycles. The summed E-state index contributed by atoms with van der Waals surface area (Å²) < 4.78 is 0. The summed E-state index contributed by atoms with van der Waals surface area (Å²) in [6.07, 6.45) is 2.65. The van der Waals surface area contributed by atoms with Crippen molar-refractivity contribution < 1.29 is 4.79 Å². The number of rotatable bonds is 3. The molecule has 0 spiro atoms. The second kappa shape index (κ2) is 4.38. The molecule has 0 bridgehead atoms. The topological polar surface area (TPSA) is 29.1 Å². The summed E-state index contributed by atoms with van der Waals surface area (Å²) in [7, 11) is 0. The molecule has 0 heterocycles. The highest BCUT2D eigenvalue weighted by atomic mass is 16.2. The van der Waals surface area contributed by atoms with Crippen molar-refractivity contribution in [1.29, 1.82) is 0 Å². The molecule has 2 fully saturated rings. The van der Waals surface area contributed by atoms with Crippen LogP contribution in [0.3, 0.4) is 0 Å². The van der Waals surface area contributed by atoms with Gasteiger partial charge in [-0.25, -0.2) is 0 Å². The molecule has 5 atom stereocenters. The number of hydrogen-bond acceptors (Lipinski definition) is 1. The first-order valence-corrected chi connectivity index (χ1v) is 6.85. The molecule has 2 aliphatic carbocycles. The molecular formula is C14H25NO. The van der Waals surface area contributed by atoms with E-state index in [-0.39, 0.29) is 0 Å². The lowest BCUT2D eigenvalue weighted by Gasteiger charge is -2.28. The molecule has 1 N–H and O–H groups in total. The Morgan fingerprint density at radius 2 is 2.00 bits per heavy atom. The summed E-state index contributed by atoms with van der Waals surface area (Å²) in [6, 6.07) is 0. The van der Waals surface area contributed by atoms with Crippen LogP contribution < -0.4 is 5.32 Å². The highest BCUT2D eigenvalue weighted by Gasteiger charge is 2.61. The van der Waals surface area contributed by atoms with Crippen molar-refractivity contribution in [2.75, 3.05) is 6.54 Å². The first-order valence-electron chi connectivity index (χ1n) is 6.85. The van der Waals surface area contributed by atoms with E-state index in [4.69, 9.17) is 0 Å². The first-order chi connectivity index (χ1) is 7.57. The van der Waals surface area contributed by atoms with Gasteiger partial charge in [-0.05, 0) is 42.9 Å². The molecule has 92 valence electrons. The lowest BCUT2D eigenvalue weighted by Crippen LogP contribution is -2.26. The standard InChI is InChI=1S/C14H25NO/c1-5-15-14(16)13-11-9(4)6-7-10(8(2)3)12(11)13/h8-13H,5-7H2,1-4H3,(H,15,16)/t9-,10+,11+,12-,13-/m0/s1. The van der Waals surface area contributed by atoms with E-state index < -0.39 is 0 Å². The monoisotopic (exact) mass is 223 g/mol. The SMILES string of the molecule is CCNC(=O)[C@@H]1[C@@H]2[C@H]1[C@@H](C)CC[C@@H]2C(C)C. The summed E-state index contributed by atoms with van der Waals surface area (Å²) in [6.45, 7) is 9.73. The minimum absolute atomic E-state index is 0.317. The minimum atomic E-state index is 0.317. The zero-order valence-corrected chi connectivity index (χ0v) is 11.0. The van der Waals surface area contributed by atoms with E-state index in [0.717, 1.165) is 24.3 Å². The molecule has 16 heavy (non-hydrogen) atoms. The Morgan fingerprint density at radius 1 is 1.31 bits per heavy atom. The molecule has 2 nitrogen and oxygen atoms in total. The smallest absolute Gasteiger partial charge is 0.223 e. The number of carbonyl (C=O) groups excluding carboxylic acids is 1. The largest absolute Gasteiger partial charge is 0.356 e. The van der Waals surface area contributed by atoms with E-state index in [1.807, 2.05) is 6.92 Å². The van der Waals surface area contributed by atoms with Crippen LogP contribution in [0.4, 0.5) is 0 Å². The van der Waals surface area contributed by atoms with Crippen LogP contribution >= 0.6 is 0 Å². The van der Waals surface area contributed by atoms with Crippen molar-refractivity contribution >= 4 is 5.91 Å². The van der Waals surface area contributed by atoms with Crippen molar-refractivity contribution in [3.8, 4) is 0 Å². The number of nitrogens with one attached hydrogen (secondary N) is 1. The molecule has 2 rings (SSSR count). The van der Waals surface area contributed by atoms with E-state index in [0.29, 0.717) is 23.7 Å². The van der Waals surface area contributed by atoms with Gasteiger partial charge in [-0.3, -0.25) is 4.79 Å². The maximum Gasteiger partial charge on any atom is 0.223 e. The van der Waals surface area contributed by atoms with E-state index in [9.17, 15) is 4.79 Å². The van der Waals surface area contributed by atoms with E-state index in [1.54, 1.807) is 0 Å². The lowest BCUT2D eigenvalue weighted by molar-refractivity contribution is -0.123. The Kier molecular flexibility index (Phi) is 3.27. The van der Waals surface area contributed by atoms with Gasteiger partial charge < -0.3 is 5.32 Å². The maximum atomic E-state index is 12.0. The molecule has 2 saturated carbocycles. The second-order valence-corrected chi connectivity index (χ2v) is 6.04. The molecular weight excluding hydrogens is 198 g/mol. The van der Waals surface area contributed by atoms with Gasteiger partial charge in [0.25, 0.3) is 0 Å².